The Morgan fingerprint density at radius 1 is 1.29 bits per heavy atom. The van der Waals surface area contributed by atoms with Crippen LogP contribution in [0.4, 0.5) is 0 Å². The maximum Gasteiger partial charge on any atom is 0.331 e. The first-order valence-corrected chi connectivity index (χ1v) is 10.9. The number of aromatic hydroxyl groups is 1. The lowest BCUT2D eigenvalue weighted by atomic mass is 9.68. The van der Waals surface area contributed by atoms with Crippen molar-refractivity contribution < 1.29 is 28.8 Å². The zero-order valence-corrected chi connectivity index (χ0v) is 18.7. The van der Waals surface area contributed by atoms with Crippen LogP contribution in [0.2, 0.25) is 0 Å². The summed E-state index contributed by atoms with van der Waals surface area (Å²) in [4.78, 5) is 12.5. The molecule has 0 amide bonds. The molecule has 6 nitrogen and oxygen atoms in total. The molecule has 6 heteroatoms. The van der Waals surface area contributed by atoms with Gasteiger partial charge in [-0.3, -0.25) is 0 Å². The molecular formula is C25H32O6. The van der Waals surface area contributed by atoms with Gasteiger partial charge in [0.2, 0.25) is 0 Å². The van der Waals surface area contributed by atoms with Crippen LogP contribution in [0, 0.1) is 5.92 Å². The molecule has 0 radical (unpaired) electrons. The average Bonchev–Trinajstić information content (AvgIpc) is 3.65. The lowest BCUT2D eigenvalue weighted by molar-refractivity contribution is -0.166. The third-order valence-corrected chi connectivity index (χ3v) is 6.81. The number of allylic oxidation sites excluding steroid dienone is 1. The topological polar surface area (TPSA) is 80.8 Å². The lowest BCUT2D eigenvalue weighted by Gasteiger charge is -2.42. The number of ether oxygens (including phenoxy) is 4. The van der Waals surface area contributed by atoms with Gasteiger partial charge in [0.15, 0.2) is 0 Å². The van der Waals surface area contributed by atoms with E-state index in [9.17, 15) is 9.90 Å². The summed E-state index contributed by atoms with van der Waals surface area (Å²) in [6.07, 6.45) is 7.16. The van der Waals surface area contributed by atoms with E-state index >= 15 is 0 Å². The van der Waals surface area contributed by atoms with Crippen LogP contribution in [0.1, 0.15) is 45.6 Å². The number of epoxide rings is 2. The summed E-state index contributed by atoms with van der Waals surface area (Å²) in [7, 11) is 1.67. The maximum atomic E-state index is 12.5. The first-order chi connectivity index (χ1) is 14.8. The zero-order valence-electron chi connectivity index (χ0n) is 18.7. The summed E-state index contributed by atoms with van der Waals surface area (Å²) in [5.41, 5.74) is 1.50. The van der Waals surface area contributed by atoms with Crippen molar-refractivity contribution in [3.05, 3.63) is 47.6 Å². The molecule has 0 aromatic heterocycles. The van der Waals surface area contributed by atoms with Gasteiger partial charge in [0, 0.05) is 13.2 Å². The van der Waals surface area contributed by atoms with Crippen molar-refractivity contribution >= 4 is 12.0 Å². The van der Waals surface area contributed by atoms with E-state index in [1.54, 1.807) is 37.5 Å². The predicted molar refractivity (Wildman–Crippen MR) is 117 cm³/mol. The number of esters is 1. The number of carbonyl (C=O) groups excluding carboxylic acids is 1. The van der Waals surface area contributed by atoms with Crippen molar-refractivity contribution in [1.82, 2.24) is 0 Å². The highest BCUT2D eigenvalue weighted by molar-refractivity contribution is 5.87. The predicted octanol–water partition coefficient (Wildman–Crippen LogP) is 4.03. The quantitative estimate of drug-likeness (QED) is 0.306. The average molecular weight is 429 g/mol. The van der Waals surface area contributed by atoms with E-state index in [1.807, 2.05) is 0 Å². The zero-order chi connectivity index (χ0) is 22.2. The minimum Gasteiger partial charge on any atom is -0.508 e. The summed E-state index contributed by atoms with van der Waals surface area (Å²) in [5, 5.41) is 9.38. The summed E-state index contributed by atoms with van der Waals surface area (Å²) in [5.74, 6) is -0.214. The summed E-state index contributed by atoms with van der Waals surface area (Å²) in [6.45, 7) is 7.01. The van der Waals surface area contributed by atoms with Crippen LogP contribution < -0.4 is 0 Å². The molecule has 1 N–H and O–H groups in total. The van der Waals surface area contributed by atoms with Crippen LogP contribution in [0.3, 0.4) is 0 Å². The van der Waals surface area contributed by atoms with Crippen LogP contribution in [-0.4, -0.2) is 54.3 Å². The fourth-order valence-corrected chi connectivity index (χ4v) is 5.01. The monoisotopic (exact) mass is 428 g/mol. The second kappa shape index (κ2) is 8.41. The van der Waals surface area contributed by atoms with Crippen molar-refractivity contribution in [2.45, 2.75) is 69.5 Å². The normalized spacial score (nSPS) is 36.4. The van der Waals surface area contributed by atoms with Gasteiger partial charge < -0.3 is 24.1 Å². The number of carbonyl (C=O) groups is 1. The Labute approximate surface area is 183 Å². The highest BCUT2D eigenvalue weighted by Crippen LogP contribution is 2.59. The summed E-state index contributed by atoms with van der Waals surface area (Å²) < 4.78 is 23.9. The fourth-order valence-electron chi connectivity index (χ4n) is 5.01. The van der Waals surface area contributed by atoms with E-state index in [1.165, 1.54) is 11.6 Å². The second-order valence-corrected chi connectivity index (χ2v) is 9.28. The molecule has 0 bridgehead atoms. The Balaban J connectivity index is 1.45. The molecule has 2 heterocycles. The first-order valence-electron chi connectivity index (χ1n) is 10.9. The largest absolute Gasteiger partial charge is 0.508 e. The van der Waals surface area contributed by atoms with Crippen LogP contribution in [0.15, 0.2) is 42.0 Å². The van der Waals surface area contributed by atoms with Gasteiger partial charge in [-0.1, -0.05) is 23.8 Å². The van der Waals surface area contributed by atoms with Gasteiger partial charge in [-0.15, -0.1) is 0 Å². The molecule has 1 aliphatic carbocycles. The molecule has 2 saturated heterocycles. The van der Waals surface area contributed by atoms with Gasteiger partial charge in [-0.2, -0.15) is 0 Å². The summed E-state index contributed by atoms with van der Waals surface area (Å²) in [6, 6.07) is 6.63. The Morgan fingerprint density at radius 3 is 2.61 bits per heavy atom. The molecule has 2 aliphatic heterocycles. The van der Waals surface area contributed by atoms with Crippen molar-refractivity contribution in [2.24, 2.45) is 5.92 Å². The third kappa shape index (κ3) is 4.56. The Morgan fingerprint density at radius 2 is 2.00 bits per heavy atom. The van der Waals surface area contributed by atoms with Gasteiger partial charge in [-0.25, -0.2) is 4.79 Å². The Kier molecular flexibility index (Phi) is 5.99. The van der Waals surface area contributed by atoms with E-state index in [-0.39, 0.29) is 41.2 Å². The molecule has 1 spiro atoms. The Hall–Kier alpha value is -2.15. The smallest absolute Gasteiger partial charge is 0.331 e. The molecule has 168 valence electrons. The molecule has 6 atom stereocenters. The van der Waals surface area contributed by atoms with Crippen molar-refractivity contribution in [2.75, 3.05) is 13.7 Å². The van der Waals surface area contributed by atoms with Gasteiger partial charge in [0.25, 0.3) is 0 Å². The van der Waals surface area contributed by atoms with Crippen LogP contribution in [0.5, 0.6) is 5.75 Å². The van der Waals surface area contributed by atoms with Crippen LogP contribution >= 0.6 is 0 Å². The molecule has 1 aromatic rings. The number of phenolic OH excluding ortho intramolecular Hbond substituents is 1. The van der Waals surface area contributed by atoms with E-state index in [4.69, 9.17) is 18.9 Å². The minimum absolute atomic E-state index is 0.00758. The SMILES string of the molecule is CO[C@@H]1[C@H](OC(=O)/C=C/c2ccc(O)cc2)CC[C@]2(CO2)[C@H]1[C@@]1(C)O[C@H]1CC=C(C)C. The van der Waals surface area contributed by atoms with Crippen molar-refractivity contribution in [3.8, 4) is 5.75 Å². The van der Waals surface area contributed by atoms with E-state index in [2.05, 4.69) is 26.8 Å². The molecule has 1 aromatic carbocycles. The highest BCUT2D eigenvalue weighted by atomic mass is 16.6. The van der Waals surface area contributed by atoms with Crippen molar-refractivity contribution in [1.29, 1.82) is 0 Å². The number of rotatable bonds is 7. The Bertz CT molecular complexity index is 865. The van der Waals surface area contributed by atoms with E-state index in [0.29, 0.717) is 13.0 Å². The molecule has 4 rings (SSSR count). The second-order valence-electron chi connectivity index (χ2n) is 9.28. The molecular weight excluding hydrogens is 396 g/mol. The van der Waals surface area contributed by atoms with Gasteiger partial charge in [-0.05, 0) is 63.8 Å². The number of hydrogen-bond donors (Lipinski definition) is 1. The lowest BCUT2D eigenvalue weighted by Crippen LogP contribution is -2.55. The van der Waals surface area contributed by atoms with Gasteiger partial charge >= 0.3 is 5.97 Å². The number of hydrogen-bond acceptors (Lipinski definition) is 6. The highest BCUT2D eigenvalue weighted by Gasteiger charge is 2.72. The number of benzene rings is 1. The fraction of sp³-hybridized carbons (Fsp3) is 0.560. The standard InChI is InChI=1S/C25H32O6/c1-16(2)5-11-20-24(3,31-20)23-22(28-4)19(13-14-25(23)15-29-25)30-21(27)12-8-17-6-9-18(26)10-7-17/h5-10,12,19-20,22-23,26H,11,13-15H2,1-4H3/b12-8+/t19-,20+,22-,23-,24+,25+/m1/s1. The van der Waals surface area contributed by atoms with Crippen LogP contribution in [-0.2, 0) is 23.7 Å². The molecule has 3 fully saturated rings. The van der Waals surface area contributed by atoms with Crippen molar-refractivity contribution in [3.63, 3.8) is 0 Å². The van der Waals surface area contributed by atoms with Crippen LogP contribution in [0.25, 0.3) is 6.08 Å². The first kappa shape index (κ1) is 22.1. The number of phenols is 1. The molecule has 1 saturated carbocycles. The number of methoxy groups -OCH3 is 1. The molecule has 31 heavy (non-hydrogen) atoms. The minimum atomic E-state index is -0.408. The van der Waals surface area contributed by atoms with Gasteiger partial charge in [0.05, 0.1) is 18.6 Å². The maximum absolute atomic E-state index is 12.5. The molecule has 3 aliphatic rings. The van der Waals surface area contributed by atoms with E-state index in [0.717, 1.165) is 18.4 Å². The van der Waals surface area contributed by atoms with Gasteiger partial charge in [0.1, 0.15) is 29.2 Å². The summed E-state index contributed by atoms with van der Waals surface area (Å²) >= 11 is 0. The molecule has 0 unspecified atom stereocenters. The van der Waals surface area contributed by atoms with E-state index < -0.39 is 5.97 Å². The third-order valence-electron chi connectivity index (χ3n) is 6.81.